The summed E-state index contributed by atoms with van der Waals surface area (Å²) in [6.45, 7) is 1.88. The SMILES string of the molecule is CCOC(=O)c1nnn2c1c(=O)n(C)c1cc(OC)ccc12. The average Bonchev–Trinajstić information content (AvgIpc) is 2.97. The molecule has 0 bridgehead atoms. The summed E-state index contributed by atoms with van der Waals surface area (Å²) in [6, 6.07) is 5.23. The van der Waals surface area contributed by atoms with Crippen molar-refractivity contribution in [3.8, 4) is 5.75 Å². The van der Waals surface area contributed by atoms with Gasteiger partial charge in [0.2, 0.25) is 5.69 Å². The third-order valence-electron chi connectivity index (χ3n) is 3.42. The highest BCUT2D eigenvalue weighted by Crippen LogP contribution is 2.20. The van der Waals surface area contributed by atoms with E-state index in [1.54, 1.807) is 39.3 Å². The Morgan fingerprint density at radius 3 is 2.77 bits per heavy atom. The molecule has 2 heterocycles. The molecule has 0 N–H and O–H groups in total. The largest absolute Gasteiger partial charge is 0.497 e. The summed E-state index contributed by atoms with van der Waals surface area (Å²) in [5.74, 6) is -0.0463. The van der Waals surface area contributed by atoms with Crippen LogP contribution in [-0.4, -0.2) is 39.1 Å². The number of methoxy groups -OCH3 is 1. The monoisotopic (exact) mass is 302 g/mol. The molecule has 22 heavy (non-hydrogen) atoms. The van der Waals surface area contributed by atoms with Gasteiger partial charge in [0.05, 0.1) is 24.8 Å². The summed E-state index contributed by atoms with van der Waals surface area (Å²) in [4.78, 5) is 24.5. The first-order chi connectivity index (χ1) is 10.6. The first-order valence-electron chi connectivity index (χ1n) is 6.67. The lowest BCUT2D eigenvalue weighted by Gasteiger charge is -2.08. The smallest absolute Gasteiger partial charge is 0.361 e. The quantitative estimate of drug-likeness (QED) is 0.664. The molecule has 0 spiro atoms. The second kappa shape index (κ2) is 5.14. The fourth-order valence-electron chi connectivity index (χ4n) is 2.33. The Morgan fingerprint density at radius 2 is 2.09 bits per heavy atom. The number of fused-ring (bicyclic) bond motifs is 3. The van der Waals surface area contributed by atoms with Crippen LogP contribution in [0.5, 0.6) is 5.75 Å². The number of esters is 1. The third-order valence-corrected chi connectivity index (χ3v) is 3.42. The van der Waals surface area contributed by atoms with Gasteiger partial charge in [-0.2, -0.15) is 0 Å². The minimum atomic E-state index is -0.664. The van der Waals surface area contributed by atoms with Gasteiger partial charge in [-0.1, -0.05) is 5.21 Å². The van der Waals surface area contributed by atoms with Crippen molar-refractivity contribution in [3.05, 3.63) is 34.2 Å². The zero-order valence-electron chi connectivity index (χ0n) is 12.4. The van der Waals surface area contributed by atoms with Crippen molar-refractivity contribution in [2.75, 3.05) is 13.7 Å². The average molecular weight is 302 g/mol. The van der Waals surface area contributed by atoms with Crippen molar-refractivity contribution < 1.29 is 14.3 Å². The predicted octanol–water partition coefficient (Wildman–Crippen LogP) is 0.766. The Labute approximate surface area is 124 Å². The Bertz CT molecular complexity index is 941. The number of carbonyl (C=O) groups excluding carboxylic acids is 1. The van der Waals surface area contributed by atoms with Crippen molar-refractivity contribution in [1.82, 2.24) is 19.4 Å². The van der Waals surface area contributed by atoms with E-state index in [-0.39, 0.29) is 23.4 Å². The van der Waals surface area contributed by atoms with Crippen LogP contribution in [0.15, 0.2) is 23.0 Å². The first kappa shape index (κ1) is 14.1. The highest BCUT2D eigenvalue weighted by Gasteiger charge is 2.22. The zero-order chi connectivity index (χ0) is 15.9. The first-order valence-corrected chi connectivity index (χ1v) is 6.67. The summed E-state index contributed by atoms with van der Waals surface area (Å²) in [5.41, 5.74) is 0.894. The molecule has 3 rings (SSSR count). The molecule has 0 unspecified atom stereocenters. The number of nitrogens with zero attached hydrogens (tertiary/aromatic N) is 4. The molecule has 0 aliphatic heterocycles. The molecule has 8 heteroatoms. The number of aromatic nitrogens is 4. The maximum atomic E-state index is 12.5. The molecule has 1 aromatic carbocycles. The third kappa shape index (κ3) is 1.92. The number of benzene rings is 1. The summed E-state index contributed by atoms with van der Waals surface area (Å²) >= 11 is 0. The van der Waals surface area contributed by atoms with Crippen molar-refractivity contribution >= 4 is 22.5 Å². The van der Waals surface area contributed by atoms with Gasteiger partial charge in [-0.3, -0.25) is 4.79 Å². The second-order valence-corrected chi connectivity index (χ2v) is 4.64. The Kier molecular flexibility index (Phi) is 3.28. The van der Waals surface area contributed by atoms with Crippen LogP contribution >= 0.6 is 0 Å². The molecular weight excluding hydrogens is 288 g/mol. The molecule has 0 saturated carbocycles. The van der Waals surface area contributed by atoms with Crippen molar-refractivity contribution in [3.63, 3.8) is 0 Å². The molecule has 0 aliphatic rings. The highest BCUT2D eigenvalue weighted by atomic mass is 16.5. The molecule has 114 valence electrons. The minimum absolute atomic E-state index is 0.0832. The molecule has 0 aliphatic carbocycles. The van der Waals surface area contributed by atoms with Crippen LogP contribution in [0.2, 0.25) is 0 Å². The van der Waals surface area contributed by atoms with Crippen LogP contribution in [0.3, 0.4) is 0 Å². The fourth-order valence-corrected chi connectivity index (χ4v) is 2.33. The minimum Gasteiger partial charge on any atom is -0.497 e. The van der Waals surface area contributed by atoms with Gasteiger partial charge in [-0.05, 0) is 19.1 Å². The van der Waals surface area contributed by atoms with E-state index in [0.717, 1.165) is 0 Å². The highest BCUT2D eigenvalue weighted by molar-refractivity contribution is 5.95. The van der Waals surface area contributed by atoms with E-state index in [1.807, 2.05) is 0 Å². The maximum Gasteiger partial charge on any atom is 0.361 e. The van der Waals surface area contributed by atoms with Crippen LogP contribution in [-0.2, 0) is 11.8 Å². The summed E-state index contributed by atoms with van der Waals surface area (Å²) in [6.07, 6.45) is 0. The summed E-state index contributed by atoms with van der Waals surface area (Å²) in [7, 11) is 3.16. The molecule has 0 fully saturated rings. The van der Waals surface area contributed by atoms with Gasteiger partial charge in [0, 0.05) is 13.1 Å². The number of hydrogen-bond acceptors (Lipinski definition) is 6. The van der Waals surface area contributed by atoms with E-state index in [9.17, 15) is 9.59 Å². The van der Waals surface area contributed by atoms with Crippen LogP contribution in [0.25, 0.3) is 16.6 Å². The van der Waals surface area contributed by atoms with E-state index < -0.39 is 5.97 Å². The number of aryl methyl sites for hydroxylation is 1. The van der Waals surface area contributed by atoms with Crippen molar-refractivity contribution in [2.45, 2.75) is 6.92 Å². The van der Waals surface area contributed by atoms with Gasteiger partial charge >= 0.3 is 5.97 Å². The molecule has 0 radical (unpaired) electrons. The van der Waals surface area contributed by atoms with Crippen LogP contribution in [0, 0.1) is 0 Å². The van der Waals surface area contributed by atoms with Gasteiger partial charge in [-0.25, -0.2) is 9.31 Å². The standard InChI is InChI=1S/C14H14N4O4/c1-4-22-14(20)11-12-13(19)17(2)10-7-8(21-3)5-6-9(10)18(12)16-15-11/h5-7H,4H2,1-3H3. The fraction of sp³-hybridized carbons (Fsp3) is 0.286. The van der Waals surface area contributed by atoms with Gasteiger partial charge in [0.25, 0.3) is 5.56 Å². The summed E-state index contributed by atoms with van der Waals surface area (Å²) < 4.78 is 12.9. The predicted molar refractivity (Wildman–Crippen MR) is 78.2 cm³/mol. The molecule has 0 amide bonds. The Balaban J connectivity index is 2.40. The molecular formula is C14H14N4O4. The lowest BCUT2D eigenvalue weighted by molar-refractivity contribution is 0.0521. The van der Waals surface area contributed by atoms with Gasteiger partial charge in [0.15, 0.2) is 5.52 Å². The molecule has 0 saturated heterocycles. The van der Waals surface area contributed by atoms with Crippen molar-refractivity contribution in [2.24, 2.45) is 7.05 Å². The molecule has 2 aromatic heterocycles. The van der Waals surface area contributed by atoms with E-state index in [0.29, 0.717) is 16.8 Å². The second-order valence-electron chi connectivity index (χ2n) is 4.64. The van der Waals surface area contributed by atoms with Crippen LogP contribution in [0.4, 0.5) is 0 Å². The normalized spacial score (nSPS) is 11.0. The van der Waals surface area contributed by atoms with Gasteiger partial charge < -0.3 is 14.0 Å². The zero-order valence-corrected chi connectivity index (χ0v) is 12.4. The maximum absolute atomic E-state index is 12.5. The van der Waals surface area contributed by atoms with E-state index in [4.69, 9.17) is 9.47 Å². The van der Waals surface area contributed by atoms with E-state index in [1.165, 1.54) is 9.08 Å². The van der Waals surface area contributed by atoms with Crippen LogP contribution in [0.1, 0.15) is 17.4 Å². The van der Waals surface area contributed by atoms with Crippen LogP contribution < -0.4 is 10.3 Å². The van der Waals surface area contributed by atoms with Gasteiger partial charge in [0.1, 0.15) is 5.75 Å². The number of carbonyl (C=O) groups is 1. The number of hydrogen-bond donors (Lipinski definition) is 0. The Hall–Kier alpha value is -2.90. The molecule has 8 nitrogen and oxygen atoms in total. The molecule has 3 aromatic rings. The van der Waals surface area contributed by atoms with E-state index >= 15 is 0 Å². The van der Waals surface area contributed by atoms with Crippen molar-refractivity contribution in [1.29, 1.82) is 0 Å². The number of rotatable bonds is 3. The topological polar surface area (TPSA) is 87.7 Å². The lowest BCUT2D eigenvalue weighted by Crippen LogP contribution is -2.22. The van der Waals surface area contributed by atoms with Gasteiger partial charge in [-0.15, -0.1) is 5.10 Å². The summed E-state index contributed by atoms with van der Waals surface area (Å²) in [5, 5.41) is 7.72. The van der Waals surface area contributed by atoms with E-state index in [2.05, 4.69) is 10.3 Å². The molecule has 0 atom stereocenters. The lowest BCUT2D eigenvalue weighted by atomic mass is 10.2. The Morgan fingerprint density at radius 1 is 1.32 bits per heavy atom. The number of ether oxygens (including phenoxy) is 2.